The molecule has 14 nitrogen and oxygen atoms in total. The van der Waals surface area contributed by atoms with E-state index in [4.69, 9.17) is 37.0 Å². The first-order valence-electron chi connectivity index (χ1n) is 15.4. The monoisotopic (exact) mass is 673 g/mol. The highest BCUT2D eigenvalue weighted by Crippen LogP contribution is 2.34. The van der Waals surface area contributed by atoms with Gasteiger partial charge in [-0.2, -0.15) is 0 Å². The van der Waals surface area contributed by atoms with Crippen LogP contribution in [0.2, 0.25) is 6.04 Å². The molecular formula is C31H51NO13Si. The van der Waals surface area contributed by atoms with E-state index in [2.05, 4.69) is 18.5 Å². The van der Waals surface area contributed by atoms with Crippen molar-refractivity contribution in [2.75, 3.05) is 41.1 Å². The summed E-state index contributed by atoms with van der Waals surface area (Å²) in [4.78, 5) is 61.5. The molecule has 1 aliphatic carbocycles. The number of nitrogens with one attached hydrogen (secondary N) is 1. The van der Waals surface area contributed by atoms with Crippen LogP contribution in [0.25, 0.3) is 0 Å². The minimum atomic E-state index is -2.81. The molecule has 46 heavy (non-hydrogen) atoms. The molecule has 262 valence electrons. The third-order valence-electron chi connectivity index (χ3n) is 7.30. The lowest BCUT2D eigenvalue weighted by Crippen LogP contribution is -2.45. The van der Waals surface area contributed by atoms with Crippen molar-refractivity contribution in [3.8, 4) is 0 Å². The normalized spacial score (nSPS) is 17.8. The van der Waals surface area contributed by atoms with E-state index in [0.717, 1.165) is 19.3 Å². The highest BCUT2D eigenvalue weighted by molar-refractivity contribution is 6.60. The molecule has 0 bridgehead atoms. The van der Waals surface area contributed by atoms with Gasteiger partial charge in [0, 0.05) is 45.1 Å². The zero-order valence-electron chi connectivity index (χ0n) is 28.0. The molecule has 1 fully saturated rings. The minimum absolute atomic E-state index is 0.114. The van der Waals surface area contributed by atoms with Crippen molar-refractivity contribution in [1.82, 2.24) is 5.32 Å². The van der Waals surface area contributed by atoms with Crippen LogP contribution in [0.15, 0.2) is 24.3 Å². The molecule has 0 aromatic carbocycles. The zero-order chi connectivity index (χ0) is 34.7. The molecule has 1 aliphatic rings. The van der Waals surface area contributed by atoms with Crippen molar-refractivity contribution < 1.29 is 60.9 Å². The molecule has 15 heteroatoms. The van der Waals surface area contributed by atoms with Gasteiger partial charge in [-0.05, 0) is 51.9 Å². The second kappa shape index (κ2) is 21.5. The van der Waals surface area contributed by atoms with Crippen molar-refractivity contribution in [3.63, 3.8) is 0 Å². The van der Waals surface area contributed by atoms with Crippen molar-refractivity contribution in [2.24, 2.45) is 5.92 Å². The van der Waals surface area contributed by atoms with Gasteiger partial charge in [0.1, 0.15) is 25.4 Å². The largest absolute Gasteiger partial charge is 0.500 e. The van der Waals surface area contributed by atoms with Crippen molar-refractivity contribution in [2.45, 2.75) is 96.5 Å². The van der Waals surface area contributed by atoms with Gasteiger partial charge in [-0.25, -0.2) is 14.4 Å². The lowest BCUT2D eigenvalue weighted by atomic mass is 9.83. The Morgan fingerprint density at radius 2 is 1.39 bits per heavy atom. The van der Waals surface area contributed by atoms with E-state index in [0.29, 0.717) is 31.9 Å². The maximum Gasteiger partial charge on any atom is 0.500 e. The maximum absolute atomic E-state index is 12.9. The molecule has 1 rings (SSSR count). The van der Waals surface area contributed by atoms with Crippen LogP contribution < -0.4 is 5.32 Å². The number of rotatable bonds is 21. The Morgan fingerprint density at radius 3 is 1.91 bits per heavy atom. The Hall–Kier alpha value is -3.27. The van der Waals surface area contributed by atoms with Crippen LogP contribution in [0, 0.1) is 5.92 Å². The number of ether oxygens (including phenoxy) is 5. The van der Waals surface area contributed by atoms with Crippen LogP contribution in [0.5, 0.6) is 0 Å². The van der Waals surface area contributed by atoms with Gasteiger partial charge in [-0.15, -0.1) is 0 Å². The summed E-state index contributed by atoms with van der Waals surface area (Å²) in [7, 11) is 1.82. The number of hydrogen-bond acceptors (Lipinski definition) is 13. The average molecular weight is 674 g/mol. The lowest BCUT2D eigenvalue weighted by Gasteiger charge is -2.36. The summed E-state index contributed by atoms with van der Waals surface area (Å²) in [6.07, 6.45) is 0.210. The van der Waals surface area contributed by atoms with E-state index in [-0.39, 0.29) is 29.9 Å². The number of carbonyl (C=O) groups is 5. The van der Waals surface area contributed by atoms with E-state index >= 15 is 0 Å². The first kappa shape index (κ1) is 40.8. The fraction of sp³-hybridized carbons (Fsp3) is 0.710. The van der Waals surface area contributed by atoms with Crippen LogP contribution in [0.4, 0.5) is 4.79 Å². The SMILES string of the molecule is C=C(C)C(=O)OCC(COC(=O)C(=C)C)OC(=O)CCC(=O)OC1CC(CC[Si](OC)(OC)OC)CCC1OC(=O)NCCCC. The summed E-state index contributed by atoms with van der Waals surface area (Å²) in [6, 6.07) is 0.557. The summed E-state index contributed by atoms with van der Waals surface area (Å²) >= 11 is 0. The van der Waals surface area contributed by atoms with E-state index in [1.807, 2.05) is 6.92 Å². The van der Waals surface area contributed by atoms with Crippen molar-refractivity contribution in [3.05, 3.63) is 24.3 Å². The Bertz CT molecular complexity index is 1010. The van der Waals surface area contributed by atoms with Gasteiger partial charge in [0.2, 0.25) is 0 Å². The van der Waals surface area contributed by atoms with Crippen LogP contribution in [-0.4, -0.2) is 98.2 Å². The Morgan fingerprint density at radius 1 is 0.826 bits per heavy atom. The lowest BCUT2D eigenvalue weighted by molar-refractivity contribution is -0.167. The summed E-state index contributed by atoms with van der Waals surface area (Å²) in [5, 5.41) is 2.71. The number of carbonyl (C=O) groups excluding carboxylic acids is 5. The van der Waals surface area contributed by atoms with E-state index in [9.17, 15) is 24.0 Å². The number of alkyl carbamates (subject to hydrolysis) is 1. The van der Waals surface area contributed by atoms with Gasteiger partial charge in [0.15, 0.2) is 6.10 Å². The summed E-state index contributed by atoms with van der Waals surface area (Å²) in [5.41, 5.74) is 0.268. The summed E-state index contributed by atoms with van der Waals surface area (Å²) in [6.45, 7) is 11.6. The standard InChI is InChI=1S/C31H51NO13Si/c1-9-10-16-32-31(37)45-25-12-11-23(15-17-46(38-6,39-7)40-8)18-26(25)44-28(34)14-13-27(33)43-24(19-41-29(35)21(2)3)20-42-30(36)22(4)5/h23-26H,2,4,9-20H2,1,3,5-8H3,(H,32,37). The Labute approximate surface area is 272 Å². The smallest absolute Gasteiger partial charge is 0.458 e. The van der Waals surface area contributed by atoms with Crippen molar-refractivity contribution in [1.29, 1.82) is 0 Å². The van der Waals surface area contributed by atoms with Gasteiger partial charge in [0.05, 0.1) is 12.8 Å². The van der Waals surface area contributed by atoms with Crippen LogP contribution in [0.3, 0.4) is 0 Å². The third-order valence-corrected chi connectivity index (χ3v) is 10.1. The van der Waals surface area contributed by atoms with Gasteiger partial charge >= 0.3 is 38.8 Å². The topological polar surface area (TPSA) is 171 Å². The highest BCUT2D eigenvalue weighted by Gasteiger charge is 2.41. The quantitative estimate of drug-likeness (QED) is 0.0614. The summed E-state index contributed by atoms with van der Waals surface area (Å²) < 4.78 is 43.4. The number of amides is 1. The van der Waals surface area contributed by atoms with Gasteiger partial charge in [-0.3, -0.25) is 9.59 Å². The number of unbranched alkanes of at least 4 members (excludes halogenated alkanes) is 1. The Balaban J connectivity index is 2.84. The molecule has 0 aromatic heterocycles. The predicted octanol–water partition coefficient (Wildman–Crippen LogP) is 3.79. The predicted molar refractivity (Wildman–Crippen MR) is 167 cm³/mol. The second-order valence-electron chi connectivity index (χ2n) is 11.1. The number of hydrogen-bond donors (Lipinski definition) is 1. The molecule has 3 atom stereocenters. The molecule has 1 saturated carbocycles. The second-order valence-corrected chi connectivity index (χ2v) is 14.2. The molecule has 1 N–H and O–H groups in total. The van der Waals surface area contributed by atoms with Gasteiger partial charge in [-0.1, -0.05) is 26.5 Å². The molecule has 0 aliphatic heterocycles. The van der Waals surface area contributed by atoms with Crippen LogP contribution in [0.1, 0.15) is 72.1 Å². The molecule has 3 unspecified atom stereocenters. The third kappa shape index (κ3) is 15.3. The molecule has 1 amide bonds. The Kier molecular flexibility index (Phi) is 19.1. The maximum atomic E-state index is 12.9. The molecular weight excluding hydrogens is 622 g/mol. The van der Waals surface area contributed by atoms with E-state index < -0.39 is 70.3 Å². The van der Waals surface area contributed by atoms with Crippen LogP contribution >= 0.6 is 0 Å². The average Bonchev–Trinajstić information content (AvgIpc) is 3.03. The van der Waals surface area contributed by atoms with E-state index in [1.165, 1.54) is 13.8 Å². The molecule has 0 radical (unpaired) electrons. The van der Waals surface area contributed by atoms with Crippen LogP contribution in [-0.2, 0) is 56.1 Å². The molecule has 0 aromatic rings. The van der Waals surface area contributed by atoms with Gasteiger partial charge < -0.3 is 42.3 Å². The molecule has 0 spiro atoms. The fourth-order valence-corrected chi connectivity index (χ4v) is 6.44. The molecule has 0 saturated heterocycles. The fourth-order valence-electron chi connectivity index (χ4n) is 4.57. The minimum Gasteiger partial charge on any atom is -0.458 e. The first-order chi connectivity index (χ1) is 21.8. The van der Waals surface area contributed by atoms with Gasteiger partial charge in [0.25, 0.3) is 0 Å². The molecule has 0 heterocycles. The van der Waals surface area contributed by atoms with Crippen molar-refractivity contribution >= 4 is 38.8 Å². The number of esters is 4. The highest BCUT2D eigenvalue weighted by atomic mass is 28.4. The van der Waals surface area contributed by atoms with E-state index in [1.54, 1.807) is 21.3 Å². The summed E-state index contributed by atoms with van der Waals surface area (Å²) in [5.74, 6) is -2.79. The zero-order valence-corrected chi connectivity index (χ0v) is 29.0. The first-order valence-corrected chi connectivity index (χ1v) is 17.4.